The van der Waals surface area contributed by atoms with E-state index in [0.29, 0.717) is 19.6 Å². The van der Waals surface area contributed by atoms with E-state index in [-0.39, 0.29) is 18.4 Å². The van der Waals surface area contributed by atoms with E-state index in [1.54, 1.807) is 11.8 Å². The van der Waals surface area contributed by atoms with Gasteiger partial charge in [-0.1, -0.05) is 31.9 Å². The van der Waals surface area contributed by atoms with Crippen LogP contribution >= 0.6 is 0 Å². The van der Waals surface area contributed by atoms with Gasteiger partial charge < -0.3 is 14.7 Å². The highest BCUT2D eigenvalue weighted by Crippen LogP contribution is 2.18. The number of piperazine rings is 1. The first-order chi connectivity index (χ1) is 12.0. The number of carbonyl (C=O) groups is 2. The number of benzene rings is 1. The molecule has 0 saturated carbocycles. The molecule has 1 aliphatic rings. The average molecular weight is 345 g/mol. The van der Waals surface area contributed by atoms with Gasteiger partial charge in [0, 0.05) is 45.3 Å². The Balaban J connectivity index is 1.84. The number of amides is 2. The molecule has 1 heterocycles. The van der Waals surface area contributed by atoms with Gasteiger partial charge in [-0.05, 0) is 31.0 Å². The minimum atomic E-state index is -0.0113. The van der Waals surface area contributed by atoms with Crippen molar-refractivity contribution in [1.29, 1.82) is 0 Å². The topological polar surface area (TPSA) is 43.9 Å². The molecule has 5 nitrogen and oxygen atoms in total. The van der Waals surface area contributed by atoms with E-state index in [9.17, 15) is 9.59 Å². The second kappa shape index (κ2) is 9.44. The van der Waals surface area contributed by atoms with E-state index < -0.39 is 0 Å². The second-order valence-electron chi connectivity index (χ2n) is 6.85. The molecular weight excluding hydrogens is 314 g/mol. The first-order valence-corrected chi connectivity index (χ1v) is 9.36. The summed E-state index contributed by atoms with van der Waals surface area (Å²) in [6, 6.07) is 8.47. The van der Waals surface area contributed by atoms with Gasteiger partial charge in [-0.15, -0.1) is 0 Å². The molecule has 0 aliphatic carbocycles. The van der Waals surface area contributed by atoms with E-state index in [2.05, 4.69) is 43.0 Å². The van der Waals surface area contributed by atoms with Crippen LogP contribution in [0.4, 0.5) is 5.69 Å². The van der Waals surface area contributed by atoms with Crippen LogP contribution in [0.25, 0.3) is 0 Å². The Hall–Kier alpha value is -2.04. The molecule has 1 aromatic carbocycles. The van der Waals surface area contributed by atoms with Crippen LogP contribution in [0.15, 0.2) is 24.3 Å². The first kappa shape index (κ1) is 19.3. The van der Waals surface area contributed by atoms with E-state index in [1.165, 1.54) is 11.3 Å². The summed E-state index contributed by atoms with van der Waals surface area (Å²) in [5, 5.41) is 0. The summed E-state index contributed by atoms with van der Waals surface area (Å²) in [6.07, 6.45) is 3.16. The fraction of sp³-hybridized carbons (Fsp3) is 0.600. The normalized spacial score (nSPS) is 14.5. The molecule has 1 saturated heterocycles. The third-order valence-electron chi connectivity index (χ3n) is 4.80. The van der Waals surface area contributed by atoms with E-state index in [0.717, 1.165) is 32.4 Å². The molecule has 5 heteroatoms. The summed E-state index contributed by atoms with van der Waals surface area (Å²) >= 11 is 0. The fourth-order valence-corrected chi connectivity index (χ4v) is 3.20. The van der Waals surface area contributed by atoms with Crippen LogP contribution in [-0.2, 0) is 9.59 Å². The van der Waals surface area contributed by atoms with Crippen LogP contribution < -0.4 is 4.90 Å². The molecule has 0 N–H and O–H groups in total. The molecule has 0 aromatic heterocycles. The fourth-order valence-electron chi connectivity index (χ4n) is 3.20. The Labute approximate surface area is 151 Å². The maximum absolute atomic E-state index is 12.6. The van der Waals surface area contributed by atoms with Crippen LogP contribution in [0.2, 0.25) is 0 Å². The summed E-state index contributed by atoms with van der Waals surface area (Å²) in [6.45, 7) is 9.78. The lowest BCUT2D eigenvalue weighted by Gasteiger charge is -2.37. The Bertz CT molecular complexity index is 580. The van der Waals surface area contributed by atoms with Crippen molar-refractivity contribution in [3.05, 3.63) is 29.8 Å². The Morgan fingerprint density at radius 3 is 2.44 bits per heavy atom. The third kappa shape index (κ3) is 5.76. The van der Waals surface area contributed by atoms with E-state index >= 15 is 0 Å². The lowest BCUT2D eigenvalue weighted by atomic mass is 10.2. The molecule has 1 aliphatic heterocycles. The number of carbonyl (C=O) groups excluding carboxylic acids is 2. The molecule has 2 rings (SSSR count). The summed E-state index contributed by atoms with van der Waals surface area (Å²) in [7, 11) is 0. The number of hydrogen-bond donors (Lipinski definition) is 0. The lowest BCUT2D eigenvalue weighted by Crippen LogP contribution is -2.51. The molecule has 25 heavy (non-hydrogen) atoms. The van der Waals surface area contributed by atoms with Gasteiger partial charge in [0.05, 0.1) is 6.54 Å². The molecule has 2 amide bonds. The minimum absolute atomic E-state index is 0.0113. The van der Waals surface area contributed by atoms with Crippen LogP contribution in [0.3, 0.4) is 0 Å². The average Bonchev–Trinajstić information content (AvgIpc) is 2.61. The third-order valence-corrected chi connectivity index (χ3v) is 4.80. The van der Waals surface area contributed by atoms with Gasteiger partial charge in [-0.3, -0.25) is 9.59 Å². The molecule has 1 fully saturated rings. The molecule has 0 atom stereocenters. The maximum Gasteiger partial charge on any atom is 0.242 e. The lowest BCUT2D eigenvalue weighted by molar-refractivity contribution is -0.139. The summed E-state index contributed by atoms with van der Waals surface area (Å²) in [5.74, 6) is 0.0541. The van der Waals surface area contributed by atoms with Crippen molar-refractivity contribution in [2.45, 2.75) is 40.0 Å². The summed E-state index contributed by atoms with van der Waals surface area (Å²) < 4.78 is 0. The molecule has 0 spiro atoms. The Morgan fingerprint density at radius 2 is 1.84 bits per heavy atom. The van der Waals surface area contributed by atoms with Gasteiger partial charge in [0.15, 0.2) is 0 Å². The second-order valence-corrected chi connectivity index (χ2v) is 6.85. The quantitative estimate of drug-likeness (QED) is 0.714. The SMILES string of the molecule is CCCCCN(CC(=O)N1CCN(c2cccc(C)c2)CC1)C(C)=O. The number of nitrogens with zero attached hydrogens (tertiary/aromatic N) is 3. The molecule has 0 bridgehead atoms. The predicted molar refractivity (Wildman–Crippen MR) is 102 cm³/mol. The highest BCUT2D eigenvalue weighted by atomic mass is 16.2. The largest absolute Gasteiger partial charge is 0.368 e. The number of anilines is 1. The number of rotatable bonds is 7. The number of aryl methyl sites for hydroxylation is 1. The van der Waals surface area contributed by atoms with Crippen molar-refractivity contribution >= 4 is 17.5 Å². The summed E-state index contributed by atoms with van der Waals surface area (Å²) in [4.78, 5) is 30.2. The monoisotopic (exact) mass is 345 g/mol. The molecule has 1 aromatic rings. The van der Waals surface area contributed by atoms with Gasteiger partial charge >= 0.3 is 0 Å². The van der Waals surface area contributed by atoms with Crippen LogP contribution in [0.1, 0.15) is 38.7 Å². The van der Waals surface area contributed by atoms with Crippen molar-refractivity contribution in [3.8, 4) is 0 Å². The highest BCUT2D eigenvalue weighted by Gasteiger charge is 2.23. The van der Waals surface area contributed by atoms with Crippen LogP contribution in [0.5, 0.6) is 0 Å². The number of hydrogen-bond acceptors (Lipinski definition) is 3. The Morgan fingerprint density at radius 1 is 1.12 bits per heavy atom. The first-order valence-electron chi connectivity index (χ1n) is 9.36. The van der Waals surface area contributed by atoms with Crippen molar-refractivity contribution in [2.75, 3.05) is 44.2 Å². The highest BCUT2D eigenvalue weighted by molar-refractivity contribution is 5.84. The zero-order chi connectivity index (χ0) is 18.2. The van der Waals surface area contributed by atoms with Crippen molar-refractivity contribution in [1.82, 2.24) is 9.80 Å². The molecule has 0 unspecified atom stereocenters. The van der Waals surface area contributed by atoms with Gasteiger partial charge in [-0.25, -0.2) is 0 Å². The standard InChI is InChI=1S/C20H31N3O2/c1-4-5-6-10-23(18(3)24)16-20(25)22-13-11-21(12-14-22)19-9-7-8-17(2)15-19/h7-9,15H,4-6,10-14,16H2,1-3H3. The van der Waals surface area contributed by atoms with Crippen LogP contribution in [-0.4, -0.2) is 60.9 Å². The predicted octanol–water partition coefficient (Wildman–Crippen LogP) is 2.68. The van der Waals surface area contributed by atoms with Gasteiger partial charge in [0.2, 0.25) is 11.8 Å². The van der Waals surface area contributed by atoms with Crippen molar-refractivity contribution < 1.29 is 9.59 Å². The zero-order valence-corrected chi connectivity index (χ0v) is 15.8. The van der Waals surface area contributed by atoms with Gasteiger partial charge in [0.25, 0.3) is 0 Å². The summed E-state index contributed by atoms with van der Waals surface area (Å²) in [5.41, 5.74) is 2.47. The molecular formula is C20H31N3O2. The number of unbranched alkanes of at least 4 members (excludes halogenated alkanes) is 2. The van der Waals surface area contributed by atoms with Crippen LogP contribution in [0, 0.1) is 6.92 Å². The zero-order valence-electron chi connectivity index (χ0n) is 15.8. The van der Waals surface area contributed by atoms with Crippen molar-refractivity contribution in [3.63, 3.8) is 0 Å². The van der Waals surface area contributed by atoms with E-state index in [4.69, 9.17) is 0 Å². The van der Waals surface area contributed by atoms with Gasteiger partial charge in [0.1, 0.15) is 0 Å². The molecule has 0 radical (unpaired) electrons. The molecule has 138 valence electrons. The van der Waals surface area contributed by atoms with Crippen molar-refractivity contribution in [2.24, 2.45) is 0 Å². The van der Waals surface area contributed by atoms with E-state index in [1.807, 2.05) is 4.90 Å². The maximum atomic E-state index is 12.6. The smallest absolute Gasteiger partial charge is 0.242 e. The van der Waals surface area contributed by atoms with Gasteiger partial charge in [-0.2, -0.15) is 0 Å². The minimum Gasteiger partial charge on any atom is -0.368 e. The Kier molecular flexibility index (Phi) is 7.29.